The molecule has 3 rings (SSSR count). The van der Waals surface area contributed by atoms with Gasteiger partial charge in [-0.3, -0.25) is 9.59 Å². The lowest BCUT2D eigenvalue weighted by Gasteiger charge is -2.35. The third-order valence-corrected chi connectivity index (χ3v) is 5.53. The molecule has 0 unspecified atom stereocenters. The Bertz CT molecular complexity index is 627. The molecule has 2 aliphatic rings. The third-order valence-electron chi connectivity index (χ3n) is 5.53. The second-order valence-corrected chi connectivity index (χ2v) is 7.60. The summed E-state index contributed by atoms with van der Waals surface area (Å²) in [6.45, 7) is 2.06. The van der Waals surface area contributed by atoms with Crippen molar-refractivity contribution in [3.05, 3.63) is 11.7 Å². The number of piperidine rings is 1. The summed E-state index contributed by atoms with van der Waals surface area (Å²) in [4.78, 5) is 30.9. The first-order valence-corrected chi connectivity index (χ1v) is 10.0. The SMILES string of the molecule is COCCc1noc(CNC(=O)[C@H]2CCC(=O)N(CC3CCCCC3)C2)n1. The van der Waals surface area contributed by atoms with E-state index in [1.807, 2.05) is 4.90 Å². The minimum Gasteiger partial charge on any atom is -0.384 e. The Labute approximate surface area is 160 Å². The van der Waals surface area contributed by atoms with Crippen LogP contribution in [0.5, 0.6) is 0 Å². The number of hydrogen-bond donors (Lipinski definition) is 1. The average molecular weight is 378 g/mol. The molecule has 8 nitrogen and oxygen atoms in total. The summed E-state index contributed by atoms with van der Waals surface area (Å²) in [6, 6.07) is 0. The Balaban J connectivity index is 1.46. The molecule has 0 aromatic carbocycles. The largest absolute Gasteiger partial charge is 0.384 e. The van der Waals surface area contributed by atoms with E-state index in [1.165, 1.54) is 32.1 Å². The number of nitrogens with one attached hydrogen (secondary N) is 1. The highest BCUT2D eigenvalue weighted by Gasteiger charge is 2.31. The van der Waals surface area contributed by atoms with Crippen LogP contribution in [0.3, 0.4) is 0 Å². The molecule has 1 atom stereocenters. The fraction of sp³-hybridized carbons (Fsp3) is 0.789. The van der Waals surface area contributed by atoms with Crippen molar-refractivity contribution in [2.75, 3.05) is 26.8 Å². The zero-order valence-electron chi connectivity index (χ0n) is 16.1. The number of amides is 2. The predicted octanol–water partition coefficient (Wildman–Crippen LogP) is 1.69. The number of aromatic nitrogens is 2. The van der Waals surface area contributed by atoms with E-state index < -0.39 is 0 Å². The van der Waals surface area contributed by atoms with E-state index in [2.05, 4.69) is 15.5 Å². The number of nitrogens with zero attached hydrogens (tertiary/aromatic N) is 3. The fourth-order valence-electron chi connectivity index (χ4n) is 3.95. The number of carbonyl (C=O) groups is 2. The molecular formula is C19H30N4O4. The quantitative estimate of drug-likeness (QED) is 0.739. The lowest BCUT2D eigenvalue weighted by Crippen LogP contribution is -2.47. The van der Waals surface area contributed by atoms with Crippen molar-refractivity contribution in [2.24, 2.45) is 11.8 Å². The van der Waals surface area contributed by atoms with E-state index in [0.29, 0.717) is 50.0 Å². The number of hydrogen-bond acceptors (Lipinski definition) is 6. The van der Waals surface area contributed by atoms with Gasteiger partial charge in [0.2, 0.25) is 17.7 Å². The number of rotatable bonds is 8. The molecule has 2 fully saturated rings. The smallest absolute Gasteiger partial charge is 0.246 e. The van der Waals surface area contributed by atoms with Crippen molar-refractivity contribution in [2.45, 2.75) is 57.9 Å². The Morgan fingerprint density at radius 3 is 2.89 bits per heavy atom. The fourth-order valence-corrected chi connectivity index (χ4v) is 3.95. The van der Waals surface area contributed by atoms with Crippen LogP contribution in [0.15, 0.2) is 4.52 Å². The molecular weight excluding hydrogens is 348 g/mol. The Morgan fingerprint density at radius 1 is 1.30 bits per heavy atom. The summed E-state index contributed by atoms with van der Waals surface area (Å²) >= 11 is 0. The Kier molecular flexibility index (Phi) is 7.20. The van der Waals surface area contributed by atoms with Gasteiger partial charge in [0.15, 0.2) is 5.82 Å². The van der Waals surface area contributed by atoms with Gasteiger partial charge < -0.3 is 19.5 Å². The van der Waals surface area contributed by atoms with Gasteiger partial charge in [0.05, 0.1) is 19.1 Å². The average Bonchev–Trinajstić information content (AvgIpc) is 3.15. The lowest BCUT2D eigenvalue weighted by atomic mass is 9.87. The first-order valence-electron chi connectivity index (χ1n) is 10.0. The Hall–Kier alpha value is -1.96. The molecule has 1 saturated heterocycles. The summed E-state index contributed by atoms with van der Waals surface area (Å²) in [5.74, 6) is 1.52. The van der Waals surface area contributed by atoms with Gasteiger partial charge in [-0.2, -0.15) is 4.98 Å². The first-order chi connectivity index (χ1) is 13.2. The minimum atomic E-state index is -0.165. The molecule has 1 aromatic heterocycles. The molecule has 0 spiro atoms. The van der Waals surface area contributed by atoms with Crippen LogP contribution in [0.1, 0.15) is 56.7 Å². The molecule has 27 heavy (non-hydrogen) atoms. The number of likely N-dealkylation sites (tertiary alicyclic amines) is 1. The summed E-state index contributed by atoms with van der Waals surface area (Å²) < 4.78 is 10.1. The van der Waals surface area contributed by atoms with Crippen LogP contribution in [0.25, 0.3) is 0 Å². The van der Waals surface area contributed by atoms with Crippen LogP contribution in [-0.2, 0) is 27.3 Å². The maximum atomic E-state index is 12.5. The van der Waals surface area contributed by atoms with Gasteiger partial charge in [0, 0.05) is 33.0 Å². The summed E-state index contributed by atoms with van der Waals surface area (Å²) in [6.07, 6.45) is 7.85. The molecule has 2 heterocycles. The standard InChI is InChI=1S/C19H30N4O4/c1-26-10-9-16-21-17(27-22-16)11-20-19(25)15-7-8-18(24)23(13-15)12-14-5-3-2-4-6-14/h14-15H,2-13H2,1H3,(H,20,25)/t15-/m0/s1. The van der Waals surface area contributed by atoms with Gasteiger partial charge in [0.25, 0.3) is 0 Å². The van der Waals surface area contributed by atoms with E-state index in [9.17, 15) is 9.59 Å². The number of ether oxygens (including phenoxy) is 1. The van der Waals surface area contributed by atoms with Crippen molar-refractivity contribution in [3.63, 3.8) is 0 Å². The molecule has 0 radical (unpaired) electrons. The summed E-state index contributed by atoms with van der Waals surface area (Å²) in [5.41, 5.74) is 0. The molecule has 1 aliphatic heterocycles. The third kappa shape index (κ3) is 5.76. The zero-order chi connectivity index (χ0) is 19.1. The molecule has 8 heteroatoms. The molecule has 0 bridgehead atoms. The summed E-state index contributed by atoms with van der Waals surface area (Å²) in [5, 5.41) is 6.73. The predicted molar refractivity (Wildman–Crippen MR) is 97.6 cm³/mol. The Morgan fingerprint density at radius 2 is 2.11 bits per heavy atom. The van der Waals surface area contributed by atoms with Crippen LogP contribution >= 0.6 is 0 Å². The molecule has 1 aromatic rings. The maximum absolute atomic E-state index is 12.5. The highest BCUT2D eigenvalue weighted by molar-refractivity contribution is 5.83. The number of carbonyl (C=O) groups excluding carboxylic acids is 2. The molecule has 1 aliphatic carbocycles. The van der Waals surface area contributed by atoms with E-state index in [1.54, 1.807) is 7.11 Å². The highest BCUT2D eigenvalue weighted by atomic mass is 16.5. The van der Waals surface area contributed by atoms with Crippen LogP contribution in [-0.4, -0.2) is 53.7 Å². The van der Waals surface area contributed by atoms with Crippen LogP contribution in [0.4, 0.5) is 0 Å². The van der Waals surface area contributed by atoms with E-state index >= 15 is 0 Å². The molecule has 1 N–H and O–H groups in total. The van der Waals surface area contributed by atoms with Crippen LogP contribution in [0, 0.1) is 11.8 Å². The number of methoxy groups -OCH3 is 1. The monoisotopic (exact) mass is 378 g/mol. The normalized spacial score (nSPS) is 21.4. The van der Waals surface area contributed by atoms with Gasteiger partial charge >= 0.3 is 0 Å². The molecule has 2 amide bonds. The van der Waals surface area contributed by atoms with E-state index in [-0.39, 0.29) is 24.3 Å². The maximum Gasteiger partial charge on any atom is 0.246 e. The minimum absolute atomic E-state index is 0.0483. The highest BCUT2D eigenvalue weighted by Crippen LogP contribution is 2.27. The second-order valence-electron chi connectivity index (χ2n) is 7.60. The first kappa shape index (κ1) is 19.8. The van der Waals surface area contributed by atoms with Crippen molar-refractivity contribution < 1.29 is 18.8 Å². The van der Waals surface area contributed by atoms with Gasteiger partial charge in [-0.1, -0.05) is 24.4 Å². The van der Waals surface area contributed by atoms with Crippen molar-refractivity contribution in [1.82, 2.24) is 20.4 Å². The van der Waals surface area contributed by atoms with Gasteiger partial charge in [-0.05, 0) is 25.2 Å². The van der Waals surface area contributed by atoms with Gasteiger partial charge in [-0.25, -0.2) is 0 Å². The lowest BCUT2D eigenvalue weighted by molar-refractivity contribution is -0.139. The van der Waals surface area contributed by atoms with Gasteiger partial charge in [-0.15, -0.1) is 0 Å². The summed E-state index contributed by atoms with van der Waals surface area (Å²) in [7, 11) is 1.62. The van der Waals surface area contributed by atoms with Crippen molar-refractivity contribution in [3.8, 4) is 0 Å². The van der Waals surface area contributed by atoms with Crippen molar-refractivity contribution >= 4 is 11.8 Å². The van der Waals surface area contributed by atoms with E-state index in [0.717, 1.165) is 6.54 Å². The molecule has 150 valence electrons. The molecule has 1 saturated carbocycles. The second kappa shape index (κ2) is 9.82. The van der Waals surface area contributed by atoms with Crippen LogP contribution in [0.2, 0.25) is 0 Å². The van der Waals surface area contributed by atoms with Gasteiger partial charge in [0.1, 0.15) is 0 Å². The van der Waals surface area contributed by atoms with Crippen LogP contribution < -0.4 is 5.32 Å². The zero-order valence-corrected chi connectivity index (χ0v) is 16.1. The van der Waals surface area contributed by atoms with Crippen molar-refractivity contribution in [1.29, 1.82) is 0 Å². The van der Waals surface area contributed by atoms with E-state index in [4.69, 9.17) is 9.26 Å². The topological polar surface area (TPSA) is 97.6 Å².